The number of hydrogen-bond donors (Lipinski definition) is 2. The lowest BCUT2D eigenvalue weighted by Crippen LogP contribution is -2.37. The molecule has 0 amide bonds. The Kier molecular flexibility index (Phi) is 10.0. The fraction of sp³-hybridized carbons (Fsp3) is 0.824. The van der Waals surface area contributed by atoms with Crippen LogP contribution in [0.25, 0.3) is 0 Å². The lowest BCUT2D eigenvalue weighted by molar-refractivity contribution is 0.292. The molecule has 1 fully saturated rings. The molecule has 0 saturated carbocycles. The van der Waals surface area contributed by atoms with E-state index in [0.29, 0.717) is 17.9 Å². The van der Waals surface area contributed by atoms with Crippen molar-refractivity contribution in [3.8, 4) is 0 Å². The molecule has 6 nitrogen and oxygen atoms in total. The van der Waals surface area contributed by atoms with Crippen LogP contribution in [0.2, 0.25) is 0 Å². The van der Waals surface area contributed by atoms with Gasteiger partial charge in [-0.15, -0.1) is 9.24 Å². The smallest absolute Gasteiger partial charge is 0.180 e. The predicted octanol–water partition coefficient (Wildman–Crippen LogP) is 1.40. The van der Waals surface area contributed by atoms with Gasteiger partial charge in [0.2, 0.25) is 0 Å². The van der Waals surface area contributed by atoms with Gasteiger partial charge in [-0.1, -0.05) is 13.3 Å². The quantitative estimate of drug-likeness (QED) is 0.718. The van der Waals surface area contributed by atoms with Gasteiger partial charge in [-0.3, -0.25) is 0 Å². The fourth-order valence-corrected chi connectivity index (χ4v) is 3.50. The molecule has 7 heteroatoms. The van der Waals surface area contributed by atoms with Gasteiger partial charge in [0.05, 0.1) is 12.2 Å². The molecule has 0 aliphatic carbocycles. The SMILES string of the molecule is CCC(CN(C)C)C(N)CP.CN1CCC(C(N)c2cnco2)C1. The third-order valence-corrected chi connectivity index (χ3v) is 5.26. The standard InChI is InChI=1S/C9H15N3O.C8H21N2P/c1-12-3-2-7(5-12)9(10)8-4-11-6-13-8;1-4-7(5-10(2)3)8(9)6-11/h4,6-7,9H,2-3,5,10H2,1H3;7-8H,4-6,9,11H2,1-3H3. The van der Waals surface area contributed by atoms with Crippen molar-refractivity contribution in [1.82, 2.24) is 14.8 Å². The zero-order chi connectivity index (χ0) is 18.1. The van der Waals surface area contributed by atoms with Crippen LogP contribution >= 0.6 is 9.24 Å². The highest BCUT2D eigenvalue weighted by molar-refractivity contribution is 7.16. The molecular formula is C17H36N5OP. The second-order valence-corrected chi connectivity index (χ2v) is 7.54. The molecular weight excluding hydrogens is 321 g/mol. The normalized spacial score (nSPS) is 22.1. The fourth-order valence-electron chi connectivity index (χ4n) is 3.11. The Morgan fingerprint density at radius 1 is 1.46 bits per heavy atom. The first-order chi connectivity index (χ1) is 11.4. The Balaban J connectivity index is 0.000000245. The van der Waals surface area contributed by atoms with Crippen molar-refractivity contribution in [2.45, 2.75) is 31.8 Å². The van der Waals surface area contributed by atoms with Crippen LogP contribution in [0.5, 0.6) is 0 Å². The molecule has 0 bridgehead atoms. The molecule has 5 unspecified atom stereocenters. The number of rotatable bonds is 7. The highest BCUT2D eigenvalue weighted by Gasteiger charge is 2.27. The van der Waals surface area contributed by atoms with E-state index >= 15 is 0 Å². The minimum absolute atomic E-state index is 0.00690. The van der Waals surface area contributed by atoms with Crippen LogP contribution in [0.4, 0.5) is 0 Å². The number of aromatic nitrogens is 1. The zero-order valence-electron chi connectivity index (χ0n) is 15.7. The predicted molar refractivity (Wildman–Crippen MR) is 104 cm³/mol. The summed E-state index contributed by atoms with van der Waals surface area (Å²) in [6.07, 6.45) is 6.48. The summed E-state index contributed by atoms with van der Waals surface area (Å²) in [5, 5.41) is 0. The van der Waals surface area contributed by atoms with E-state index in [9.17, 15) is 0 Å². The van der Waals surface area contributed by atoms with Crippen LogP contribution in [-0.4, -0.2) is 67.8 Å². The monoisotopic (exact) mass is 357 g/mol. The summed E-state index contributed by atoms with van der Waals surface area (Å²) in [7, 11) is 9.02. The largest absolute Gasteiger partial charge is 0.447 e. The second kappa shape index (κ2) is 11.2. The maximum atomic E-state index is 6.05. The minimum atomic E-state index is 0.00690. The molecule has 1 saturated heterocycles. The molecule has 0 radical (unpaired) electrons. The van der Waals surface area contributed by atoms with Crippen molar-refractivity contribution >= 4 is 9.24 Å². The number of hydrogen-bond acceptors (Lipinski definition) is 6. The van der Waals surface area contributed by atoms with E-state index in [2.05, 4.69) is 52.1 Å². The number of nitrogens with two attached hydrogens (primary N) is 2. The highest BCUT2D eigenvalue weighted by atomic mass is 31.0. The van der Waals surface area contributed by atoms with Gasteiger partial charge < -0.3 is 25.7 Å². The first kappa shape index (κ1) is 21.5. The van der Waals surface area contributed by atoms with Crippen LogP contribution < -0.4 is 11.5 Å². The summed E-state index contributed by atoms with van der Waals surface area (Å²) < 4.78 is 5.19. The maximum Gasteiger partial charge on any atom is 0.180 e. The Labute approximate surface area is 149 Å². The molecule has 140 valence electrons. The van der Waals surface area contributed by atoms with Gasteiger partial charge >= 0.3 is 0 Å². The molecule has 1 aromatic rings. The summed E-state index contributed by atoms with van der Waals surface area (Å²) in [4.78, 5) is 8.37. The zero-order valence-corrected chi connectivity index (χ0v) is 16.8. The lowest BCUT2D eigenvalue weighted by atomic mass is 9.98. The number of oxazole rings is 1. The van der Waals surface area contributed by atoms with E-state index in [1.807, 2.05) is 0 Å². The van der Waals surface area contributed by atoms with E-state index in [1.54, 1.807) is 6.20 Å². The molecule has 0 aromatic carbocycles. The van der Waals surface area contributed by atoms with E-state index in [-0.39, 0.29) is 6.04 Å². The molecule has 4 N–H and O–H groups in total. The van der Waals surface area contributed by atoms with Crippen molar-refractivity contribution in [2.75, 3.05) is 46.9 Å². The van der Waals surface area contributed by atoms with Crippen LogP contribution in [-0.2, 0) is 0 Å². The van der Waals surface area contributed by atoms with Gasteiger partial charge in [-0.05, 0) is 52.1 Å². The van der Waals surface area contributed by atoms with Gasteiger partial charge in [-0.2, -0.15) is 0 Å². The van der Waals surface area contributed by atoms with Gasteiger partial charge in [0, 0.05) is 19.1 Å². The average Bonchev–Trinajstić information content (AvgIpc) is 3.23. The topological polar surface area (TPSA) is 84.5 Å². The Morgan fingerprint density at radius 2 is 2.17 bits per heavy atom. The first-order valence-electron chi connectivity index (χ1n) is 8.81. The van der Waals surface area contributed by atoms with Gasteiger partial charge in [0.1, 0.15) is 5.76 Å². The summed E-state index contributed by atoms with van der Waals surface area (Å²) in [5.41, 5.74) is 12.0. The second-order valence-electron chi connectivity index (χ2n) is 7.07. The maximum absolute atomic E-state index is 6.05. The minimum Gasteiger partial charge on any atom is -0.447 e. The molecule has 1 aliphatic heterocycles. The molecule has 1 aliphatic rings. The third-order valence-electron chi connectivity index (χ3n) is 4.72. The highest BCUT2D eigenvalue weighted by Crippen LogP contribution is 2.26. The van der Waals surface area contributed by atoms with Crippen molar-refractivity contribution in [3.05, 3.63) is 18.4 Å². The van der Waals surface area contributed by atoms with Crippen LogP contribution in [0.15, 0.2) is 17.0 Å². The molecule has 2 heterocycles. The molecule has 0 spiro atoms. The molecule has 5 atom stereocenters. The van der Waals surface area contributed by atoms with E-state index in [1.165, 1.54) is 12.8 Å². The van der Waals surface area contributed by atoms with Gasteiger partial charge in [0.15, 0.2) is 6.39 Å². The lowest BCUT2D eigenvalue weighted by Gasteiger charge is -2.24. The van der Waals surface area contributed by atoms with Gasteiger partial charge in [-0.25, -0.2) is 4.98 Å². The summed E-state index contributed by atoms with van der Waals surface area (Å²) in [5.74, 6) is 1.96. The van der Waals surface area contributed by atoms with E-state index in [0.717, 1.165) is 38.0 Å². The Hall–Kier alpha value is -0.520. The van der Waals surface area contributed by atoms with E-state index in [4.69, 9.17) is 15.9 Å². The average molecular weight is 357 g/mol. The van der Waals surface area contributed by atoms with Crippen LogP contribution in [0.3, 0.4) is 0 Å². The summed E-state index contributed by atoms with van der Waals surface area (Å²) in [6.45, 7) is 5.49. The molecule has 24 heavy (non-hydrogen) atoms. The Bertz CT molecular complexity index is 429. The molecule has 2 rings (SSSR count). The summed E-state index contributed by atoms with van der Waals surface area (Å²) >= 11 is 0. The van der Waals surface area contributed by atoms with Crippen molar-refractivity contribution < 1.29 is 4.42 Å². The van der Waals surface area contributed by atoms with E-state index < -0.39 is 0 Å². The van der Waals surface area contributed by atoms with Gasteiger partial charge in [0.25, 0.3) is 0 Å². The molecule has 1 aromatic heterocycles. The number of likely N-dealkylation sites (tertiary alicyclic amines) is 1. The van der Waals surface area contributed by atoms with Crippen LogP contribution in [0, 0.1) is 11.8 Å². The van der Waals surface area contributed by atoms with Crippen molar-refractivity contribution in [2.24, 2.45) is 23.3 Å². The van der Waals surface area contributed by atoms with Crippen LogP contribution in [0.1, 0.15) is 31.6 Å². The van der Waals surface area contributed by atoms with Crippen molar-refractivity contribution in [1.29, 1.82) is 0 Å². The third kappa shape index (κ3) is 7.16. The first-order valence-corrected chi connectivity index (χ1v) is 9.63. The summed E-state index contributed by atoms with van der Waals surface area (Å²) in [6, 6.07) is 0.347. The number of nitrogens with zero attached hydrogens (tertiary/aromatic N) is 3. The van der Waals surface area contributed by atoms with Crippen molar-refractivity contribution in [3.63, 3.8) is 0 Å². The Morgan fingerprint density at radius 3 is 2.58 bits per heavy atom.